The molecular weight excluding hydrogens is 556 g/mol. The highest BCUT2D eigenvalue weighted by Crippen LogP contribution is 2.33. The highest BCUT2D eigenvalue weighted by Gasteiger charge is 2.36. The Kier molecular flexibility index (Phi) is 9.64. The van der Waals surface area contributed by atoms with Crippen molar-refractivity contribution in [2.45, 2.75) is 38.1 Å². The lowest BCUT2D eigenvalue weighted by Gasteiger charge is -2.35. The van der Waals surface area contributed by atoms with Crippen molar-refractivity contribution in [3.63, 3.8) is 0 Å². The van der Waals surface area contributed by atoms with E-state index in [9.17, 15) is 14.4 Å². The zero-order chi connectivity index (χ0) is 29.1. The fourth-order valence-electron chi connectivity index (χ4n) is 5.60. The summed E-state index contributed by atoms with van der Waals surface area (Å²) in [5.41, 5.74) is 15.2. The summed E-state index contributed by atoms with van der Waals surface area (Å²) in [4.78, 5) is 51.5. The van der Waals surface area contributed by atoms with E-state index in [1.54, 1.807) is 30.6 Å². The van der Waals surface area contributed by atoms with Gasteiger partial charge in [-0.3, -0.25) is 29.5 Å². The van der Waals surface area contributed by atoms with Crippen LogP contribution in [0.4, 0.5) is 11.6 Å². The molecule has 12 heteroatoms. The van der Waals surface area contributed by atoms with E-state index in [-0.39, 0.29) is 36.2 Å². The molecule has 1 atom stereocenters. The average Bonchev–Trinajstić information content (AvgIpc) is 3.36. The molecule has 2 aromatic heterocycles. The third-order valence-corrected chi connectivity index (χ3v) is 7.97. The summed E-state index contributed by atoms with van der Waals surface area (Å²) < 4.78 is 0. The Bertz CT molecular complexity index is 1590. The monoisotopic (exact) mass is 592 g/mol. The van der Waals surface area contributed by atoms with Gasteiger partial charge in [-0.05, 0) is 67.5 Å². The number of primary amides is 1. The van der Waals surface area contributed by atoms with Crippen LogP contribution in [0.5, 0.6) is 0 Å². The second-order valence-corrected chi connectivity index (χ2v) is 11.0. The Morgan fingerprint density at radius 2 is 1.71 bits per heavy atom. The summed E-state index contributed by atoms with van der Waals surface area (Å²) in [6.45, 7) is 0.602. The number of anilines is 2. The molecule has 4 aromatic rings. The zero-order valence-corrected chi connectivity index (χ0v) is 24.6. The SMILES string of the molecule is CN(C)c1ncc(-c2cccc(C[C@@H](C(N)=O)N(C(=O)C3CCC(CN)CC3)c3ccc4c(=O)[nH][nH]c4c3)c2)cn1.Cl. The Morgan fingerprint density at radius 1 is 1.00 bits per heavy atom. The minimum atomic E-state index is -0.944. The maximum atomic E-state index is 14.1. The van der Waals surface area contributed by atoms with Crippen molar-refractivity contribution in [2.24, 2.45) is 23.3 Å². The molecule has 0 radical (unpaired) electrons. The predicted octanol–water partition coefficient (Wildman–Crippen LogP) is 3.00. The molecular formula is C30H37ClN8O3. The standard InChI is InChI=1S/C30H36N8O3.ClH/c1-37(2)30-33-16-22(17-34-30)21-5-3-4-19(12-21)13-26(27(32)39)38(29(41)20-8-6-18(15-31)7-9-20)23-10-11-24-25(14-23)35-36-28(24)40;/h3-5,10-12,14,16-18,20,26H,6-9,13,15,31H2,1-2H3,(H2,32,39)(H2,35,36,40);1H/t18?,20?,26-;/m0./s1. The van der Waals surface area contributed by atoms with Crippen molar-refractivity contribution < 1.29 is 9.59 Å². The van der Waals surface area contributed by atoms with Crippen LogP contribution in [0.15, 0.2) is 59.7 Å². The number of H-pyrrole nitrogens is 2. The number of carbonyl (C=O) groups is 2. The molecule has 0 bridgehead atoms. The molecule has 42 heavy (non-hydrogen) atoms. The number of nitrogens with zero attached hydrogens (tertiary/aromatic N) is 4. The number of halogens is 1. The van der Waals surface area contributed by atoms with Crippen molar-refractivity contribution in [1.82, 2.24) is 20.2 Å². The predicted molar refractivity (Wildman–Crippen MR) is 167 cm³/mol. The highest BCUT2D eigenvalue weighted by molar-refractivity contribution is 6.03. The maximum absolute atomic E-state index is 14.1. The number of benzene rings is 2. The molecule has 2 amide bonds. The molecule has 5 rings (SSSR count). The molecule has 0 aliphatic heterocycles. The first-order valence-corrected chi connectivity index (χ1v) is 13.9. The van der Waals surface area contributed by atoms with Gasteiger partial charge in [0.25, 0.3) is 5.56 Å². The van der Waals surface area contributed by atoms with E-state index >= 15 is 0 Å². The number of nitrogens with two attached hydrogens (primary N) is 2. The normalized spacial score (nSPS) is 17.3. The second kappa shape index (κ2) is 13.2. The number of hydrogen-bond acceptors (Lipinski definition) is 7. The molecule has 0 saturated heterocycles. The number of aromatic nitrogens is 4. The van der Waals surface area contributed by atoms with Crippen LogP contribution in [0.25, 0.3) is 22.0 Å². The quantitative estimate of drug-likeness (QED) is 0.232. The number of amides is 2. The van der Waals surface area contributed by atoms with E-state index in [1.165, 1.54) is 4.90 Å². The van der Waals surface area contributed by atoms with E-state index < -0.39 is 11.9 Å². The van der Waals surface area contributed by atoms with Gasteiger partial charge in [-0.1, -0.05) is 24.3 Å². The summed E-state index contributed by atoms with van der Waals surface area (Å²) in [7, 11) is 3.75. The second-order valence-electron chi connectivity index (χ2n) is 11.0. The lowest BCUT2D eigenvalue weighted by Crippen LogP contribution is -2.52. The van der Waals surface area contributed by atoms with Crippen LogP contribution in [-0.4, -0.2) is 58.7 Å². The molecule has 0 unspecified atom stereocenters. The third-order valence-electron chi connectivity index (χ3n) is 7.97. The van der Waals surface area contributed by atoms with Gasteiger partial charge in [-0.25, -0.2) is 9.97 Å². The summed E-state index contributed by atoms with van der Waals surface area (Å²) in [6, 6.07) is 11.9. The van der Waals surface area contributed by atoms with Gasteiger partial charge < -0.3 is 16.4 Å². The van der Waals surface area contributed by atoms with Gasteiger partial charge in [-0.15, -0.1) is 12.4 Å². The molecule has 6 N–H and O–H groups in total. The Hall–Kier alpha value is -4.22. The van der Waals surface area contributed by atoms with E-state index in [2.05, 4.69) is 20.2 Å². The van der Waals surface area contributed by atoms with Crippen LogP contribution in [0.3, 0.4) is 0 Å². The lowest BCUT2D eigenvalue weighted by molar-refractivity contribution is -0.127. The van der Waals surface area contributed by atoms with Gasteiger partial charge in [0.05, 0.1) is 10.9 Å². The maximum Gasteiger partial charge on any atom is 0.271 e. The molecule has 11 nitrogen and oxygen atoms in total. The highest BCUT2D eigenvalue weighted by atomic mass is 35.5. The van der Waals surface area contributed by atoms with Gasteiger partial charge in [-0.2, -0.15) is 0 Å². The van der Waals surface area contributed by atoms with E-state index in [4.69, 9.17) is 11.5 Å². The molecule has 1 saturated carbocycles. The van der Waals surface area contributed by atoms with E-state index in [0.29, 0.717) is 47.8 Å². The largest absolute Gasteiger partial charge is 0.368 e. The van der Waals surface area contributed by atoms with Crippen LogP contribution < -0.4 is 26.8 Å². The Labute approximate surface area is 250 Å². The number of carbonyl (C=O) groups excluding carboxylic acids is 2. The van der Waals surface area contributed by atoms with Gasteiger partial charge in [0.2, 0.25) is 17.8 Å². The van der Waals surface area contributed by atoms with Crippen LogP contribution in [0.1, 0.15) is 31.2 Å². The zero-order valence-electron chi connectivity index (χ0n) is 23.7. The number of hydrogen-bond donors (Lipinski definition) is 4. The van der Waals surface area contributed by atoms with Crippen molar-refractivity contribution in [3.8, 4) is 11.1 Å². The number of fused-ring (bicyclic) bond motifs is 1. The smallest absolute Gasteiger partial charge is 0.271 e. The minimum absolute atomic E-state index is 0. The first kappa shape index (κ1) is 30.7. The van der Waals surface area contributed by atoms with Gasteiger partial charge in [0, 0.05) is 50.1 Å². The first-order valence-electron chi connectivity index (χ1n) is 13.9. The summed E-state index contributed by atoms with van der Waals surface area (Å²) in [6.07, 6.45) is 6.85. The van der Waals surface area contributed by atoms with Crippen molar-refractivity contribution >= 4 is 46.8 Å². The number of rotatable bonds is 9. The number of nitrogens with one attached hydrogen (secondary N) is 2. The van der Waals surface area contributed by atoms with Crippen LogP contribution in [0, 0.1) is 11.8 Å². The average molecular weight is 593 g/mol. The molecule has 1 aliphatic rings. The van der Waals surface area contributed by atoms with Crippen molar-refractivity contribution in [3.05, 3.63) is 70.8 Å². The molecule has 2 aromatic carbocycles. The Morgan fingerprint density at radius 3 is 2.36 bits per heavy atom. The minimum Gasteiger partial charge on any atom is -0.368 e. The van der Waals surface area contributed by atoms with E-state index in [1.807, 2.05) is 43.3 Å². The molecule has 222 valence electrons. The fraction of sp³-hybridized carbons (Fsp3) is 0.367. The van der Waals surface area contributed by atoms with Gasteiger partial charge in [0.15, 0.2) is 0 Å². The van der Waals surface area contributed by atoms with Crippen molar-refractivity contribution in [2.75, 3.05) is 30.4 Å². The Balaban J connectivity index is 0.00000405. The van der Waals surface area contributed by atoms with Crippen molar-refractivity contribution in [1.29, 1.82) is 0 Å². The van der Waals surface area contributed by atoms with Crippen LogP contribution >= 0.6 is 12.4 Å². The van der Waals surface area contributed by atoms with E-state index in [0.717, 1.165) is 29.5 Å². The summed E-state index contributed by atoms with van der Waals surface area (Å²) >= 11 is 0. The molecule has 1 aliphatic carbocycles. The first-order chi connectivity index (χ1) is 19.7. The van der Waals surface area contributed by atoms with Crippen LogP contribution in [0.2, 0.25) is 0 Å². The third kappa shape index (κ3) is 6.47. The molecule has 1 fully saturated rings. The van der Waals surface area contributed by atoms with Gasteiger partial charge >= 0.3 is 0 Å². The summed E-state index contributed by atoms with van der Waals surface area (Å²) in [5, 5.41) is 5.89. The molecule has 0 spiro atoms. The number of aromatic amines is 2. The lowest BCUT2D eigenvalue weighted by atomic mass is 9.81. The van der Waals surface area contributed by atoms with Crippen LogP contribution in [-0.2, 0) is 16.0 Å². The topological polar surface area (TPSA) is 167 Å². The fourth-order valence-corrected chi connectivity index (χ4v) is 5.60. The molecule has 2 heterocycles. The van der Waals surface area contributed by atoms with Gasteiger partial charge in [0.1, 0.15) is 6.04 Å². The summed E-state index contributed by atoms with van der Waals surface area (Å²) in [5.74, 6) is -0.00122.